The maximum Gasteiger partial charge on any atom is 0.269 e. The van der Waals surface area contributed by atoms with Crippen molar-refractivity contribution < 1.29 is 13.9 Å². The Labute approximate surface area is 140 Å². The third kappa shape index (κ3) is 2.97. The van der Waals surface area contributed by atoms with Gasteiger partial charge < -0.3 is 14.5 Å². The molecule has 0 radical (unpaired) electrons. The van der Waals surface area contributed by atoms with Gasteiger partial charge in [-0.05, 0) is 18.2 Å². The Hall–Kier alpha value is -2.12. The maximum absolute atomic E-state index is 12.2. The monoisotopic (exact) mass is 330 g/mol. The third-order valence-electron chi connectivity index (χ3n) is 5.05. The number of hydrogen-bond acceptors (Lipinski definition) is 5. The van der Waals surface area contributed by atoms with Crippen molar-refractivity contribution in [1.29, 1.82) is 0 Å². The Morgan fingerprint density at radius 1 is 1.42 bits per heavy atom. The number of carbonyl (C=O) groups excluding carboxylic acids is 1. The van der Waals surface area contributed by atoms with Crippen molar-refractivity contribution >= 4 is 5.91 Å². The van der Waals surface area contributed by atoms with E-state index in [0.29, 0.717) is 24.1 Å². The highest BCUT2D eigenvalue weighted by Gasteiger charge is 2.43. The van der Waals surface area contributed by atoms with Crippen LogP contribution in [0.5, 0.6) is 0 Å². The SMILES string of the molecule is Cn1nccc1C(=O)NC[C@@H]1CO[C@@H]2CN(Cc3ccco3)C[C@H]12. The zero-order valence-electron chi connectivity index (χ0n) is 13.7. The zero-order chi connectivity index (χ0) is 16.5. The van der Waals surface area contributed by atoms with Crippen molar-refractivity contribution in [1.82, 2.24) is 20.0 Å². The predicted octanol–water partition coefficient (Wildman–Crippen LogP) is 0.890. The summed E-state index contributed by atoms with van der Waals surface area (Å²) in [5, 5.41) is 7.06. The number of likely N-dealkylation sites (tertiary alicyclic amines) is 1. The minimum atomic E-state index is -0.0797. The number of nitrogens with one attached hydrogen (secondary N) is 1. The van der Waals surface area contributed by atoms with Crippen LogP contribution >= 0.6 is 0 Å². The molecule has 2 aliphatic rings. The molecule has 2 aromatic rings. The Morgan fingerprint density at radius 3 is 3.08 bits per heavy atom. The second-order valence-corrected chi connectivity index (χ2v) is 6.62. The molecule has 24 heavy (non-hydrogen) atoms. The van der Waals surface area contributed by atoms with Gasteiger partial charge in [0.25, 0.3) is 5.91 Å². The summed E-state index contributed by atoms with van der Waals surface area (Å²) in [7, 11) is 1.77. The van der Waals surface area contributed by atoms with E-state index in [1.807, 2.05) is 12.1 Å². The molecule has 0 aromatic carbocycles. The van der Waals surface area contributed by atoms with Gasteiger partial charge in [-0.1, -0.05) is 0 Å². The van der Waals surface area contributed by atoms with Crippen LogP contribution in [0.15, 0.2) is 35.1 Å². The van der Waals surface area contributed by atoms with Crippen molar-refractivity contribution in [2.45, 2.75) is 12.6 Å². The molecule has 7 heteroatoms. The molecule has 0 spiro atoms. The number of aromatic nitrogens is 2. The van der Waals surface area contributed by atoms with Gasteiger partial charge in [-0.15, -0.1) is 0 Å². The van der Waals surface area contributed by atoms with Gasteiger partial charge in [-0.3, -0.25) is 14.4 Å². The summed E-state index contributed by atoms with van der Waals surface area (Å²) in [5.74, 6) is 1.72. The molecule has 2 aromatic heterocycles. The number of aryl methyl sites for hydroxylation is 1. The van der Waals surface area contributed by atoms with Crippen LogP contribution in [0.4, 0.5) is 0 Å². The van der Waals surface area contributed by atoms with E-state index in [9.17, 15) is 4.79 Å². The van der Waals surface area contributed by atoms with Crippen molar-refractivity contribution in [2.24, 2.45) is 18.9 Å². The minimum Gasteiger partial charge on any atom is -0.468 e. The number of nitrogens with zero attached hydrogens (tertiary/aromatic N) is 3. The molecule has 4 rings (SSSR count). The number of rotatable bonds is 5. The quantitative estimate of drug-likeness (QED) is 0.881. The molecule has 7 nitrogen and oxygen atoms in total. The van der Waals surface area contributed by atoms with E-state index >= 15 is 0 Å². The highest BCUT2D eigenvalue weighted by atomic mass is 16.5. The van der Waals surface area contributed by atoms with E-state index in [2.05, 4.69) is 15.3 Å². The lowest BCUT2D eigenvalue weighted by Gasteiger charge is -2.19. The Bertz CT molecular complexity index is 697. The molecule has 0 unspecified atom stereocenters. The first-order chi connectivity index (χ1) is 11.7. The lowest BCUT2D eigenvalue weighted by atomic mass is 9.93. The maximum atomic E-state index is 12.2. The summed E-state index contributed by atoms with van der Waals surface area (Å²) < 4.78 is 13.0. The van der Waals surface area contributed by atoms with Gasteiger partial charge in [0.2, 0.25) is 0 Å². The number of hydrogen-bond donors (Lipinski definition) is 1. The molecular formula is C17H22N4O3. The number of ether oxygens (including phenoxy) is 1. The van der Waals surface area contributed by atoms with E-state index in [-0.39, 0.29) is 12.0 Å². The minimum absolute atomic E-state index is 0.0797. The van der Waals surface area contributed by atoms with Crippen LogP contribution in [-0.2, 0) is 18.3 Å². The molecule has 0 aliphatic carbocycles. The fourth-order valence-electron chi connectivity index (χ4n) is 3.75. The summed E-state index contributed by atoms with van der Waals surface area (Å²) in [6.07, 6.45) is 3.60. The second kappa shape index (κ2) is 6.41. The van der Waals surface area contributed by atoms with Crippen LogP contribution in [0, 0.1) is 11.8 Å². The molecule has 0 saturated carbocycles. The lowest BCUT2D eigenvalue weighted by Crippen LogP contribution is -2.35. The number of amides is 1. The molecule has 2 saturated heterocycles. The van der Waals surface area contributed by atoms with Crippen LogP contribution in [0.3, 0.4) is 0 Å². The van der Waals surface area contributed by atoms with Crippen LogP contribution in [0.25, 0.3) is 0 Å². The fourth-order valence-corrected chi connectivity index (χ4v) is 3.75. The molecule has 1 amide bonds. The van der Waals surface area contributed by atoms with Gasteiger partial charge in [-0.25, -0.2) is 0 Å². The van der Waals surface area contributed by atoms with Crippen LogP contribution in [0.1, 0.15) is 16.2 Å². The average Bonchev–Trinajstić information content (AvgIpc) is 3.31. The highest BCUT2D eigenvalue weighted by Crippen LogP contribution is 2.34. The third-order valence-corrected chi connectivity index (χ3v) is 5.05. The van der Waals surface area contributed by atoms with Crippen LogP contribution in [0.2, 0.25) is 0 Å². The van der Waals surface area contributed by atoms with E-state index in [1.165, 1.54) is 0 Å². The first-order valence-electron chi connectivity index (χ1n) is 8.33. The van der Waals surface area contributed by atoms with Crippen LogP contribution in [-0.4, -0.2) is 52.9 Å². The lowest BCUT2D eigenvalue weighted by molar-refractivity contribution is 0.0893. The summed E-state index contributed by atoms with van der Waals surface area (Å²) in [6.45, 7) is 4.09. The molecular weight excluding hydrogens is 308 g/mol. The van der Waals surface area contributed by atoms with E-state index in [0.717, 1.165) is 32.0 Å². The van der Waals surface area contributed by atoms with Crippen molar-refractivity contribution in [2.75, 3.05) is 26.2 Å². The average molecular weight is 330 g/mol. The highest BCUT2D eigenvalue weighted by molar-refractivity contribution is 5.92. The first kappa shape index (κ1) is 15.4. The van der Waals surface area contributed by atoms with Gasteiger partial charge in [0.1, 0.15) is 11.5 Å². The molecule has 2 fully saturated rings. The Morgan fingerprint density at radius 2 is 2.33 bits per heavy atom. The van der Waals surface area contributed by atoms with Gasteiger partial charge in [-0.2, -0.15) is 5.10 Å². The number of furan rings is 1. The van der Waals surface area contributed by atoms with E-state index in [4.69, 9.17) is 9.15 Å². The summed E-state index contributed by atoms with van der Waals surface area (Å²) in [5.41, 5.74) is 0.580. The van der Waals surface area contributed by atoms with Gasteiger partial charge >= 0.3 is 0 Å². The number of fused-ring (bicyclic) bond motifs is 1. The zero-order valence-corrected chi connectivity index (χ0v) is 13.7. The summed E-state index contributed by atoms with van der Waals surface area (Å²) in [6, 6.07) is 5.64. The van der Waals surface area contributed by atoms with E-state index < -0.39 is 0 Å². The summed E-state index contributed by atoms with van der Waals surface area (Å²) >= 11 is 0. The summed E-state index contributed by atoms with van der Waals surface area (Å²) in [4.78, 5) is 14.6. The van der Waals surface area contributed by atoms with E-state index in [1.54, 1.807) is 30.3 Å². The Kier molecular flexibility index (Phi) is 4.12. The normalized spacial score (nSPS) is 26.6. The van der Waals surface area contributed by atoms with Crippen molar-refractivity contribution in [3.05, 3.63) is 42.1 Å². The Balaban J connectivity index is 1.31. The molecule has 4 heterocycles. The second-order valence-electron chi connectivity index (χ2n) is 6.62. The fraction of sp³-hybridized carbons (Fsp3) is 0.529. The number of carbonyl (C=O) groups is 1. The van der Waals surface area contributed by atoms with Gasteiger partial charge in [0.05, 0.1) is 25.5 Å². The molecule has 3 atom stereocenters. The smallest absolute Gasteiger partial charge is 0.269 e. The van der Waals surface area contributed by atoms with Gasteiger partial charge in [0.15, 0.2) is 0 Å². The molecule has 2 aliphatic heterocycles. The topological polar surface area (TPSA) is 72.5 Å². The van der Waals surface area contributed by atoms with Crippen molar-refractivity contribution in [3.8, 4) is 0 Å². The first-order valence-corrected chi connectivity index (χ1v) is 8.33. The largest absolute Gasteiger partial charge is 0.468 e. The molecule has 0 bridgehead atoms. The predicted molar refractivity (Wildman–Crippen MR) is 86.2 cm³/mol. The molecule has 1 N–H and O–H groups in total. The van der Waals surface area contributed by atoms with Crippen molar-refractivity contribution in [3.63, 3.8) is 0 Å². The van der Waals surface area contributed by atoms with Gasteiger partial charge in [0, 0.05) is 44.7 Å². The standard InChI is InChI=1S/C17H22N4O3/c1-20-15(4-5-19-20)17(22)18-7-12-11-24-16-10-21(9-14(12)16)8-13-3-2-6-23-13/h2-6,12,14,16H,7-11H2,1H3,(H,18,22)/t12-,14-,16-/m1/s1. The van der Waals surface area contributed by atoms with Crippen LogP contribution < -0.4 is 5.32 Å². The molecule has 128 valence electrons.